The summed E-state index contributed by atoms with van der Waals surface area (Å²) in [6, 6.07) is 0. The van der Waals surface area contributed by atoms with Gasteiger partial charge >= 0.3 is 0 Å². The van der Waals surface area contributed by atoms with E-state index in [4.69, 9.17) is 10.2 Å². The minimum Gasteiger partial charge on any atom is -0.396 e. The van der Waals surface area contributed by atoms with Crippen molar-refractivity contribution < 1.29 is 14.7 Å². The van der Waals surface area contributed by atoms with Gasteiger partial charge in [-0.25, -0.2) is 0 Å². The molecule has 0 aromatic carbocycles. The zero-order valence-electron chi connectivity index (χ0n) is 6.88. The number of unbranched alkanes of at least 4 members (excludes halogenated alkanes) is 1. The fraction of sp³-hybridized carbons (Fsp3) is 1.00. The van der Waals surface area contributed by atoms with Crippen LogP contribution >= 0.6 is 0 Å². The van der Waals surface area contributed by atoms with Crippen LogP contribution < -0.4 is 0 Å². The van der Waals surface area contributed by atoms with Crippen molar-refractivity contribution in [3.8, 4) is 0 Å². The number of hydrogen-bond donors (Lipinski definition) is 2. The Morgan fingerprint density at radius 3 is 2.10 bits per heavy atom. The van der Waals surface area contributed by atoms with Crippen molar-refractivity contribution in [2.75, 3.05) is 34.0 Å². The van der Waals surface area contributed by atoms with E-state index in [-0.39, 0.29) is 13.3 Å². The summed E-state index contributed by atoms with van der Waals surface area (Å²) in [5.41, 5.74) is 0. The second kappa shape index (κ2) is 4.66. The molecule has 62 valence electrons. The van der Waals surface area contributed by atoms with Gasteiger partial charge in [0.15, 0.2) is 6.73 Å². The summed E-state index contributed by atoms with van der Waals surface area (Å²) in [5, 5.41) is 17.3. The van der Waals surface area contributed by atoms with Gasteiger partial charge in [0.2, 0.25) is 0 Å². The fourth-order valence-corrected chi connectivity index (χ4v) is 0.722. The van der Waals surface area contributed by atoms with Gasteiger partial charge in [-0.2, -0.15) is 0 Å². The normalized spacial score (nSPS) is 12.0. The molecule has 10 heavy (non-hydrogen) atoms. The zero-order valence-corrected chi connectivity index (χ0v) is 6.88. The summed E-state index contributed by atoms with van der Waals surface area (Å²) in [7, 11) is 3.94. The van der Waals surface area contributed by atoms with Gasteiger partial charge in [0.25, 0.3) is 0 Å². The molecule has 0 heterocycles. The van der Waals surface area contributed by atoms with Gasteiger partial charge in [-0.1, -0.05) is 0 Å². The molecule has 0 rings (SSSR count). The highest BCUT2D eigenvalue weighted by molar-refractivity contribution is 4.35. The molecule has 3 heteroatoms. The maximum Gasteiger partial charge on any atom is 0.179 e. The number of rotatable bonds is 5. The Bertz CT molecular complexity index is 83.7. The molecule has 0 atom stereocenters. The predicted octanol–water partition coefficient (Wildman–Crippen LogP) is -0.215. The van der Waals surface area contributed by atoms with Crippen LogP contribution in [0.3, 0.4) is 0 Å². The molecule has 3 nitrogen and oxygen atoms in total. The Morgan fingerprint density at radius 2 is 1.70 bits per heavy atom. The smallest absolute Gasteiger partial charge is 0.179 e. The Labute approximate surface area is 62.5 Å². The van der Waals surface area contributed by atoms with Gasteiger partial charge in [-0.15, -0.1) is 0 Å². The third kappa shape index (κ3) is 4.73. The molecule has 0 aliphatic heterocycles. The molecule has 2 N–H and O–H groups in total. The molecule has 0 aliphatic rings. The summed E-state index contributed by atoms with van der Waals surface area (Å²) >= 11 is 0. The van der Waals surface area contributed by atoms with Crippen molar-refractivity contribution in [3.63, 3.8) is 0 Å². The van der Waals surface area contributed by atoms with Crippen LogP contribution in [0, 0.1) is 0 Å². The summed E-state index contributed by atoms with van der Waals surface area (Å²) in [6.07, 6.45) is 1.81. The van der Waals surface area contributed by atoms with Crippen molar-refractivity contribution in [2.45, 2.75) is 12.8 Å². The third-order valence-electron chi connectivity index (χ3n) is 1.55. The van der Waals surface area contributed by atoms with Crippen LogP contribution in [0.4, 0.5) is 0 Å². The number of hydrogen-bond acceptors (Lipinski definition) is 2. The molecule has 0 spiro atoms. The second-order valence-corrected chi connectivity index (χ2v) is 3.23. The average Bonchev–Trinajstić information content (AvgIpc) is 1.89. The molecule has 0 fully saturated rings. The van der Waals surface area contributed by atoms with E-state index >= 15 is 0 Å². The SMILES string of the molecule is C[N+](C)(CO)CCCCO. The lowest BCUT2D eigenvalue weighted by Crippen LogP contribution is -2.41. The highest BCUT2D eigenvalue weighted by Crippen LogP contribution is 1.98. The van der Waals surface area contributed by atoms with E-state index in [9.17, 15) is 0 Å². The maximum atomic E-state index is 8.80. The average molecular weight is 148 g/mol. The molecule has 0 saturated carbocycles. The van der Waals surface area contributed by atoms with E-state index in [0.29, 0.717) is 4.48 Å². The van der Waals surface area contributed by atoms with Crippen LogP contribution in [-0.2, 0) is 0 Å². The first-order valence-electron chi connectivity index (χ1n) is 3.66. The number of quaternary nitrogens is 1. The van der Waals surface area contributed by atoms with Gasteiger partial charge in [-0.3, -0.25) is 0 Å². The third-order valence-corrected chi connectivity index (χ3v) is 1.55. The minimum atomic E-state index is 0.172. The van der Waals surface area contributed by atoms with Crippen molar-refractivity contribution in [1.82, 2.24) is 0 Å². The van der Waals surface area contributed by atoms with E-state index in [0.717, 1.165) is 19.4 Å². The first-order valence-corrected chi connectivity index (χ1v) is 3.66. The lowest BCUT2D eigenvalue weighted by Gasteiger charge is -2.26. The quantitative estimate of drug-likeness (QED) is 0.321. The molecule has 0 aliphatic carbocycles. The molecule has 0 saturated heterocycles. The monoisotopic (exact) mass is 148 g/mol. The molecule has 0 unspecified atom stereocenters. The zero-order chi connectivity index (χ0) is 8.04. The molecule has 0 radical (unpaired) electrons. The Hall–Kier alpha value is -0.120. The molecular weight excluding hydrogens is 130 g/mol. The van der Waals surface area contributed by atoms with E-state index in [2.05, 4.69) is 0 Å². The van der Waals surface area contributed by atoms with E-state index in [1.54, 1.807) is 0 Å². The van der Waals surface area contributed by atoms with Crippen molar-refractivity contribution in [1.29, 1.82) is 0 Å². The fourth-order valence-electron chi connectivity index (χ4n) is 0.722. The Morgan fingerprint density at radius 1 is 1.10 bits per heavy atom. The van der Waals surface area contributed by atoms with Gasteiger partial charge in [0, 0.05) is 6.61 Å². The van der Waals surface area contributed by atoms with Crippen LogP contribution in [-0.4, -0.2) is 48.7 Å². The number of aliphatic hydroxyl groups excluding tert-OH is 2. The van der Waals surface area contributed by atoms with Crippen molar-refractivity contribution in [2.24, 2.45) is 0 Å². The second-order valence-electron chi connectivity index (χ2n) is 3.23. The van der Waals surface area contributed by atoms with E-state index in [1.807, 2.05) is 14.1 Å². The molecule has 0 bridgehead atoms. The van der Waals surface area contributed by atoms with Gasteiger partial charge in [0.1, 0.15) is 0 Å². The highest BCUT2D eigenvalue weighted by Gasteiger charge is 2.10. The van der Waals surface area contributed by atoms with Crippen LogP contribution in [0.15, 0.2) is 0 Å². The molecule has 0 amide bonds. The lowest BCUT2D eigenvalue weighted by atomic mass is 10.3. The van der Waals surface area contributed by atoms with Crippen LogP contribution in [0.25, 0.3) is 0 Å². The lowest BCUT2D eigenvalue weighted by molar-refractivity contribution is -0.909. The minimum absolute atomic E-state index is 0.172. The maximum absolute atomic E-state index is 8.80. The molecular formula is C7H18NO2+. The predicted molar refractivity (Wildman–Crippen MR) is 40.4 cm³/mol. The molecule has 0 aromatic heterocycles. The summed E-state index contributed by atoms with van der Waals surface area (Å²) in [4.78, 5) is 0. The van der Waals surface area contributed by atoms with E-state index < -0.39 is 0 Å². The standard InChI is InChI=1S/C7H18NO2/c1-8(2,7-10)5-3-4-6-9/h9-10H,3-7H2,1-2H3/q+1. The highest BCUT2D eigenvalue weighted by atomic mass is 16.3. The van der Waals surface area contributed by atoms with Gasteiger partial charge < -0.3 is 14.7 Å². The topological polar surface area (TPSA) is 40.5 Å². The number of nitrogens with zero attached hydrogens (tertiary/aromatic N) is 1. The summed E-state index contributed by atoms with van der Waals surface area (Å²) in [6.45, 7) is 1.36. The van der Waals surface area contributed by atoms with Gasteiger partial charge in [0.05, 0.1) is 20.6 Å². The number of aliphatic hydroxyl groups is 2. The van der Waals surface area contributed by atoms with Crippen LogP contribution in [0.2, 0.25) is 0 Å². The largest absolute Gasteiger partial charge is 0.396 e. The van der Waals surface area contributed by atoms with Crippen molar-refractivity contribution in [3.05, 3.63) is 0 Å². The Balaban J connectivity index is 3.28. The summed E-state index contributed by atoms with van der Waals surface area (Å²) < 4.78 is 0.625. The molecule has 0 aromatic rings. The van der Waals surface area contributed by atoms with Crippen LogP contribution in [0.5, 0.6) is 0 Å². The van der Waals surface area contributed by atoms with E-state index in [1.165, 1.54) is 0 Å². The Kier molecular flexibility index (Phi) is 4.60. The van der Waals surface area contributed by atoms with Gasteiger partial charge in [-0.05, 0) is 12.8 Å². The van der Waals surface area contributed by atoms with Crippen molar-refractivity contribution >= 4 is 0 Å². The summed E-state index contributed by atoms with van der Waals surface area (Å²) in [5.74, 6) is 0. The van der Waals surface area contributed by atoms with Crippen LogP contribution in [0.1, 0.15) is 12.8 Å². The first-order chi connectivity index (χ1) is 4.62. The first kappa shape index (κ1) is 9.88.